The van der Waals surface area contributed by atoms with E-state index in [0.29, 0.717) is 18.8 Å². The first-order valence-electron chi connectivity index (χ1n) is 9.81. The molecular weight excluding hydrogens is 340 g/mol. The fraction of sp³-hybridized carbons (Fsp3) is 0.476. The molecule has 1 unspecified atom stereocenters. The molecule has 0 bridgehead atoms. The second kappa shape index (κ2) is 7.94. The van der Waals surface area contributed by atoms with Crippen molar-refractivity contribution in [2.45, 2.75) is 51.7 Å². The summed E-state index contributed by atoms with van der Waals surface area (Å²) in [6.07, 6.45) is 4.79. The van der Waals surface area contributed by atoms with Gasteiger partial charge in [-0.25, -0.2) is 9.97 Å². The summed E-state index contributed by atoms with van der Waals surface area (Å²) in [5.41, 5.74) is 2.09. The minimum absolute atomic E-state index is 0.103. The van der Waals surface area contributed by atoms with Crippen molar-refractivity contribution in [1.29, 1.82) is 0 Å². The molecule has 0 radical (unpaired) electrons. The van der Waals surface area contributed by atoms with Gasteiger partial charge in [0.2, 0.25) is 0 Å². The molecule has 27 heavy (non-hydrogen) atoms. The van der Waals surface area contributed by atoms with Crippen molar-refractivity contribution in [2.75, 3.05) is 18.0 Å². The highest BCUT2D eigenvalue weighted by atomic mass is 16.5. The zero-order chi connectivity index (χ0) is 18.6. The largest absolute Gasteiger partial charge is 0.480 e. The van der Waals surface area contributed by atoms with Gasteiger partial charge in [-0.1, -0.05) is 18.2 Å². The van der Waals surface area contributed by atoms with Crippen LogP contribution in [0.2, 0.25) is 0 Å². The molecule has 1 saturated heterocycles. The zero-order valence-corrected chi connectivity index (χ0v) is 15.8. The smallest absolute Gasteiger partial charge is 0.261 e. The number of para-hydroxylation sites is 1. The summed E-state index contributed by atoms with van der Waals surface area (Å²) in [6.45, 7) is 4.37. The maximum absolute atomic E-state index is 12.6. The van der Waals surface area contributed by atoms with Crippen molar-refractivity contribution in [3.8, 4) is 5.75 Å². The molecule has 3 heterocycles. The number of amides is 1. The van der Waals surface area contributed by atoms with E-state index in [4.69, 9.17) is 4.74 Å². The number of fused-ring (bicyclic) bond motifs is 1. The third-order valence-corrected chi connectivity index (χ3v) is 5.20. The highest BCUT2D eigenvalue weighted by molar-refractivity contribution is 5.81. The lowest BCUT2D eigenvalue weighted by atomic mass is 10.0. The molecule has 1 aromatic heterocycles. The van der Waals surface area contributed by atoms with Crippen LogP contribution in [-0.4, -0.2) is 35.1 Å². The predicted molar refractivity (Wildman–Crippen MR) is 104 cm³/mol. The standard InChI is InChI=1S/C21H26N4O2/c1-15-13-20(25-11-5-2-6-12-25)24-19(23-15)14-22-21(26)18-10-9-16-7-3-4-8-17(16)27-18/h3-4,7-8,13,18H,2,5-6,9-12,14H2,1H3,(H,22,26). The Morgan fingerprint density at radius 1 is 1.22 bits per heavy atom. The quantitative estimate of drug-likeness (QED) is 0.901. The van der Waals surface area contributed by atoms with Crippen molar-refractivity contribution in [3.63, 3.8) is 0 Å². The van der Waals surface area contributed by atoms with E-state index in [-0.39, 0.29) is 5.91 Å². The van der Waals surface area contributed by atoms with Gasteiger partial charge in [0.25, 0.3) is 5.91 Å². The van der Waals surface area contributed by atoms with Crippen molar-refractivity contribution >= 4 is 11.7 Å². The van der Waals surface area contributed by atoms with E-state index in [9.17, 15) is 4.79 Å². The molecule has 1 fully saturated rings. The number of rotatable bonds is 4. The van der Waals surface area contributed by atoms with Crippen LogP contribution in [0.1, 0.15) is 42.8 Å². The lowest BCUT2D eigenvalue weighted by Gasteiger charge is -2.28. The van der Waals surface area contributed by atoms with Gasteiger partial charge in [-0.2, -0.15) is 0 Å². The van der Waals surface area contributed by atoms with Crippen LogP contribution >= 0.6 is 0 Å². The van der Waals surface area contributed by atoms with Gasteiger partial charge in [0, 0.05) is 24.8 Å². The number of ether oxygens (including phenoxy) is 1. The number of piperidine rings is 1. The van der Waals surface area contributed by atoms with Crippen LogP contribution in [0.5, 0.6) is 5.75 Å². The molecule has 1 N–H and O–H groups in total. The number of carbonyl (C=O) groups is 1. The number of anilines is 1. The van der Waals surface area contributed by atoms with Gasteiger partial charge in [-0.3, -0.25) is 4.79 Å². The Hall–Kier alpha value is -2.63. The van der Waals surface area contributed by atoms with Crippen molar-refractivity contribution in [3.05, 3.63) is 47.4 Å². The summed E-state index contributed by atoms with van der Waals surface area (Å²) in [6, 6.07) is 9.92. The topological polar surface area (TPSA) is 67.4 Å². The fourth-order valence-corrected chi connectivity index (χ4v) is 3.76. The summed E-state index contributed by atoms with van der Waals surface area (Å²) in [7, 11) is 0. The van der Waals surface area contributed by atoms with E-state index < -0.39 is 6.10 Å². The van der Waals surface area contributed by atoms with Gasteiger partial charge in [0.05, 0.1) is 6.54 Å². The number of benzene rings is 1. The van der Waals surface area contributed by atoms with Crippen LogP contribution in [0, 0.1) is 6.92 Å². The number of carbonyl (C=O) groups excluding carboxylic acids is 1. The van der Waals surface area contributed by atoms with Crippen molar-refractivity contribution in [2.24, 2.45) is 0 Å². The maximum Gasteiger partial charge on any atom is 0.261 e. The first-order valence-corrected chi connectivity index (χ1v) is 9.81. The fourth-order valence-electron chi connectivity index (χ4n) is 3.76. The SMILES string of the molecule is Cc1cc(N2CCCCC2)nc(CNC(=O)C2CCc3ccccc3O2)n1. The molecule has 0 spiro atoms. The molecule has 142 valence electrons. The molecule has 2 aliphatic rings. The number of nitrogens with zero attached hydrogens (tertiary/aromatic N) is 3. The second-order valence-corrected chi connectivity index (χ2v) is 7.30. The molecule has 2 aromatic rings. The van der Waals surface area contributed by atoms with Crippen LogP contribution in [0.3, 0.4) is 0 Å². The molecular formula is C21H26N4O2. The first-order chi connectivity index (χ1) is 13.2. The van der Waals surface area contributed by atoms with E-state index in [2.05, 4.69) is 20.2 Å². The summed E-state index contributed by atoms with van der Waals surface area (Å²) < 4.78 is 5.86. The van der Waals surface area contributed by atoms with Gasteiger partial charge in [0.1, 0.15) is 17.4 Å². The number of aromatic nitrogens is 2. The summed E-state index contributed by atoms with van der Waals surface area (Å²) in [5, 5.41) is 2.95. The Balaban J connectivity index is 1.38. The number of hydrogen-bond acceptors (Lipinski definition) is 5. The molecule has 1 amide bonds. The Labute approximate surface area is 160 Å². The van der Waals surface area contributed by atoms with E-state index >= 15 is 0 Å². The maximum atomic E-state index is 12.6. The Bertz CT molecular complexity index is 818. The lowest BCUT2D eigenvalue weighted by Crippen LogP contribution is -2.40. The molecule has 1 atom stereocenters. The summed E-state index contributed by atoms with van der Waals surface area (Å²) in [4.78, 5) is 24.0. The molecule has 0 aliphatic carbocycles. The molecule has 4 rings (SSSR count). The zero-order valence-electron chi connectivity index (χ0n) is 15.8. The lowest BCUT2D eigenvalue weighted by molar-refractivity contribution is -0.128. The minimum atomic E-state index is -0.453. The average molecular weight is 366 g/mol. The van der Waals surface area contributed by atoms with Crippen LogP contribution < -0.4 is 15.0 Å². The second-order valence-electron chi connectivity index (χ2n) is 7.30. The molecule has 1 aromatic carbocycles. The number of aryl methyl sites for hydroxylation is 2. The number of hydrogen-bond donors (Lipinski definition) is 1. The van der Waals surface area contributed by atoms with Crippen LogP contribution in [0.4, 0.5) is 5.82 Å². The van der Waals surface area contributed by atoms with E-state index in [0.717, 1.165) is 42.3 Å². The third-order valence-electron chi connectivity index (χ3n) is 5.20. The van der Waals surface area contributed by atoms with E-state index in [1.54, 1.807) is 0 Å². The van der Waals surface area contributed by atoms with Crippen LogP contribution in [0.15, 0.2) is 30.3 Å². The summed E-state index contributed by atoms with van der Waals surface area (Å²) in [5.74, 6) is 2.33. The third kappa shape index (κ3) is 4.21. The number of nitrogens with one attached hydrogen (secondary N) is 1. The van der Waals surface area contributed by atoms with Crippen LogP contribution in [-0.2, 0) is 17.8 Å². The average Bonchev–Trinajstić information content (AvgIpc) is 2.72. The monoisotopic (exact) mass is 366 g/mol. The van der Waals surface area contributed by atoms with Gasteiger partial charge in [-0.15, -0.1) is 0 Å². The van der Waals surface area contributed by atoms with Crippen molar-refractivity contribution < 1.29 is 9.53 Å². The van der Waals surface area contributed by atoms with E-state index in [1.165, 1.54) is 19.3 Å². The molecule has 6 nitrogen and oxygen atoms in total. The molecule has 2 aliphatic heterocycles. The minimum Gasteiger partial charge on any atom is -0.480 e. The highest BCUT2D eigenvalue weighted by Gasteiger charge is 2.26. The first kappa shape index (κ1) is 17.8. The van der Waals surface area contributed by atoms with Gasteiger partial charge < -0.3 is 15.0 Å². The van der Waals surface area contributed by atoms with Gasteiger partial charge in [-0.05, 0) is 50.7 Å². The molecule has 6 heteroatoms. The Morgan fingerprint density at radius 3 is 2.89 bits per heavy atom. The Kier molecular flexibility index (Phi) is 5.23. The van der Waals surface area contributed by atoms with Gasteiger partial charge >= 0.3 is 0 Å². The van der Waals surface area contributed by atoms with Crippen LogP contribution in [0.25, 0.3) is 0 Å². The van der Waals surface area contributed by atoms with E-state index in [1.807, 2.05) is 37.3 Å². The summed E-state index contributed by atoms with van der Waals surface area (Å²) >= 11 is 0. The predicted octanol–water partition coefficient (Wildman–Crippen LogP) is 2.79. The normalized spacial score (nSPS) is 19.1. The highest BCUT2D eigenvalue weighted by Crippen LogP contribution is 2.27. The van der Waals surface area contributed by atoms with Gasteiger partial charge in [0.15, 0.2) is 6.10 Å². The molecule has 0 saturated carbocycles. The Morgan fingerprint density at radius 2 is 2.04 bits per heavy atom. The van der Waals surface area contributed by atoms with Crippen molar-refractivity contribution in [1.82, 2.24) is 15.3 Å².